The fourth-order valence-electron chi connectivity index (χ4n) is 1.01. The maximum atomic E-state index is 4.24. The number of allylic oxidation sites excluding steroid dienone is 1. The average Bonchev–Trinajstić information content (AvgIpc) is 2.08. The molecule has 0 atom stereocenters. The van der Waals surface area contributed by atoms with Crippen LogP contribution in [0, 0.1) is 13.8 Å². The number of hydrogen-bond acceptors (Lipinski definition) is 1. The first-order chi connectivity index (χ1) is 5.75. The fraction of sp³-hybridized carbons (Fsp3) is 0.182. The predicted molar refractivity (Wildman–Crippen MR) is 54.3 cm³/mol. The zero-order valence-corrected chi connectivity index (χ0v) is 7.54. The Kier molecular flexibility index (Phi) is 2.81. The molecule has 0 spiro atoms. The zero-order valence-electron chi connectivity index (χ0n) is 7.54. The van der Waals surface area contributed by atoms with Gasteiger partial charge in [0.2, 0.25) is 0 Å². The molecule has 0 saturated heterocycles. The van der Waals surface area contributed by atoms with Crippen molar-refractivity contribution in [2.75, 3.05) is 0 Å². The second-order valence-corrected chi connectivity index (χ2v) is 2.73. The van der Waals surface area contributed by atoms with E-state index in [9.17, 15) is 0 Å². The minimum Gasteiger partial charge on any atom is -0.257 e. The van der Waals surface area contributed by atoms with Crippen molar-refractivity contribution in [3.63, 3.8) is 0 Å². The van der Waals surface area contributed by atoms with Crippen molar-refractivity contribution >= 4 is 11.9 Å². The third kappa shape index (κ3) is 1.82. The molecule has 0 aliphatic rings. The van der Waals surface area contributed by atoms with E-state index < -0.39 is 0 Å². The molecule has 0 N–H and O–H groups in total. The van der Waals surface area contributed by atoms with Crippen LogP contribution < -0.4 is 0 Å². The van der Waals surface area contributed by atoms with E-state index in [-0.39, 0.29) is 0 Å². The first-order valence-corrected chi connectivity index (χ1v) is 3.97. The zero-order chi connectivity index (χ0) is 8.97. The molecule has 0 saturated carbocycles. The molecule has 1 aromatic carbocycles. The van der Waals surface area contributed by atoms with Crippen LogP contribution in [0.1, 0.15) is 11.1 Å². The van der Waals surface area contributed by atoms with Crippen molar-refractivity contribution in [2.24, 2.45) is 4.99 Å². The third-order valence-corrected chi connectivity index (χ3v) is 1.90. The van der Waals surface area contributed by atoms with Gasteiger partial charge in [-0.2, -0.15) is 0 Å². The van der Waals surface area contributed by atoms with Gasteiger partial charge in [0.1, 0.15) is 0 Å². The molecule has 0 aliphatic heterocycles. The van der Waals surface area contributed by atoms with Gasteiger partial charge in [-0.25, -0.2) is 0 Å². The molecule has 1 rings (SSSR count). The van der Waals surface area contributed by atoms with Crippen LogP contribution in [-0.4, -0.2) is 6.21 Å². The van der Waals surface area contributed by atoms with Crippen molar-refractivity contribution < 1.29 is 0 Å². The topological polar surface area (TPSA) is 12.4 Å². The number of aliphatic imine (C=N–C) groups is 1. The number of hydrogen-bond donors (Lipinski definition) is 0. The van der Waals surface area contributed by atoms with Gasteiger partial charge >= 0.3 is 0 Å². The average molecular weight is 159 g/mol. The van der Waals surface area contributed by atoms with E-state index in [1.165, 1.54) is 11.1 Å². The standard InChI is InChI=1S/C11H13N/c1-4-8-12-11-7-5-6-9(2)10(11)3/h4-8H,1H2,2-3H3/b12-8-. The molecule has 0 bridgehead atoms. The van der Waals surface area contributed by atoms with Crippen LogP contribution in [0.15, 0.2) is 35.8 Å². The second-order valence-electron chi connectivity index (χ2n) is 2.73. The highest BCUT2D eigenvalue weighted by Crippen LogP contribution is 2.20. The summed E-state index contributed by atoms with van der Waals surface area (Å²) in [6.45, 7) is 7.74. The number of rotatable bonds is 2. The molecule has 0 radical (unpaired) electrons. The van der Waals surface area contributed by atoms with Crippen LogP contribution in [0.25, 0.3) is 0 Å². The van der Waals surface area contributed by atoms with E-state index in [1.807, 2.05) is 12.1 Å². The van der Waals surface area contributed by atoms with Gasteiger partial charge in [-0.1, -0.05) is 24.8 Å². The molecular formula is C11H13N. The molecule has 0 unspecified atom stereocenters. The Bertz CT molecular complexity index is 311. The van der Waals surface area contributed by atoms with Crippen molar-refractivity contribution in [3.8, 4) is 0 Å². The van der Waals surface area contributed by atoms with E-state index in [2.05, 4.69) is 31.5 Å². The van der Waals surface area contributed by atoms with Crippen LogP contribution in [-0.2, 0) is 0 Å². The molecule has 1 aromatic rings. The van der Waals surface area contributed by atoms with Gasteiger partial charge in [0.15, 0.2) is 0 Å². The Morgan fingerprint density at radius 2 is 2.08 bits per heavy atom. The summed E-state index contributed by atoms with van der Waals surface area (Å²) >= 11 is 0. The molecule has 1 heteroatoms. The van der Waals surface area contributed by atoms with Crippen LogP contribution >= 0.6 is 0 Å². The van der Waals surface area contributed by atoms with Gasteiger partial charge < -0.3 is 0 Å². The summed E-state index contributed by atoms with van der Waals surface area (Å²) in [5.41, 5.74) is 3.53. The highest BCUT2D eigenvalue weighted by molar-refractivity contribution is 5.74. The number of benzene rings is 1. The molecule has 0 aromatic heterocycles. The maximum absolute atomic E-state index is 4.24. The van der Waals surface area contributed by atoms with Gasteiger partial charge in [0.05, 0.1) is 5.69 Å². The van der Waals surface area contributed by atoms with Gasteiger partial charge in [0, 0.05) is 6.21 Å². The summed E-state index contributed by atoms with van der Waals surface area (Å²) in [7, 11) is 0. The van der Waals surface area contributed by atoms with Gasteiger partial charge in [0.25, 0.3) is 0 Å². The Labute approximate surface area is 73.5 Å². The van der Waals surface area contributed by atoms with Crippen molar-refractivity contribution in [2.45, 2.75) is 13.8 Å². The van der Waals surface area contributed by atoms with Crippen molar-refractivity contribution in [3.05, 3.63) is 42.0 Å². The summed E-state index contributed by atoms with van der Waals surface area (Å²) in [6, 6.07) is 6.10. The molecule has 0 fully saturated rings. The molecular weight excluding hydrogens is 146 g/mol. The minimum atomic E-state index is 1.02. The molecule has 0 aliphatic carbocycles. The predicted octanol–water partition coefficient (Wildman–Crippen LogP) is 3.19. The lowest BCUT2D eigenvalue weighted by Crippen LogP contribution is -1.79. The lowest BCUT2D eigenvalue weighted by atomic mass is 10.1. The monoisotopic (exact) mass is 159 g/mol. The minimum absolute atomic E-state index is 1.02. The summed E-state index contributed by atoms with van der Waals surface area (Å²) in [5.74, 6) is 0. The van der Waals surface area contributed by atoms with E-state index in [0.717, 1.165) is 5.69 Å². The lowest BCUT2D eigenvalue weighted by Gasteiger charge is -2.01. The van der Waals surface area contributed by atoms with Crippen LogP contribution in [0.5, 0.6) is 0 Å². The van der Waals surface area contributed by atoms with Crippen LogP contribution in [0.3, 0.4) is 0 Å². The summed E-state index contributed by atoms with van der Waals surface area (Å²) in [4.78, 5) is 4.24. The molecule has 62 valence electrons. The summed E-state index contributed by atoms with van der Waals surface area (Å²) in [5, 5.41) is 0. The first-order valence-electron chi connectivity index (χ1n) is 3.97. The second kappa shape index (κ2) is 3.86. The van der Waals surface area contributed by atoms with Crippen molar-refractivity contribution in [1.82, 2.24) is 0 Å². The quantitative estimate of drug-likeness (QED) is 0.588. The number of nitrogens with zero attached hydrogens (tertiary/aromatic N) is 1. The molecule has 1 nitrogen and oxygen atoms in total. The Morgan fingerprint density at radius 3 is 2.75 bits per heavy atom. The Hall–Kier alpha value is -1.37. The SMILES string of the molecule is C=C/C=N\c1cccc(C)c1C. The highest BCUT2D eigenvalue weighted by Gasteiger charge is 1.95. The Morgan fingerprint density at radius 1 is 1.33 bits per heavy atom. The fourth-order valence-corrected chi connectivity index (χ4v) is 1.01. The lowest BCUT2D eigenvalue weighted by molar-refractivity contribution is 1.31. The molecule has 0 heterocycles. The van der Waals surface area contributed by atoms with Gasteiger partial charge in [-0.3, -0.25) is 4.99 Å². The smallest absolute Gasteiger partial charge is 0.0661 e. The third-order valence-electron chi connectivity index (χ3n) is 1.90. The van der Waals surface area contributed by atoms with E-state index in [1.54, 1.807) is 12.3 Å². The van der Waals surface area contributed by atoms with E-state index in [0.29, 0.717) is 0 Å². The molecule has 0 amide bonds. The highest BCUT2D eigenvalue weighted by atomic mass is 14.7. The van der Waals surface area contributed by atoms with Crippen LogP contribution in [0.2, 0.25) is 0 Å². The summed E-state index contributed by atoms with van der Waals surface area (Å²) in [6.07, 6.45) is 3.39. The number of aryl methyl sites for hydroxylation is 1. The van der Waals surface area contributed by atoms with E-state index >= 15 is 0 Å². The largest absolute Gasteiger partial charge is 0.257 e. The Balaban J connectivity index is 3.07. The van der Waals surface area contributed by atoms with Gasteiger partial charge in [-0.15, -0.1) is 0 Å². The first kappa shape index (κ1) is 8.72. The van der Waals surface area contributed by atoms with E-state index in [4.69, 9.17) is 0 Å². The maximum Gasteiger partial charge on any atom is 0.0661 e. The van der Waals surface area contributed by atoms with Gasteiger partial charge in [-0.05, 0) is 31.0 Å². The molecule has 12 heavy (non-hydrogen) atoms. The summed E-state index contributed by atoms with van der Waals surface area (Å²) < 4.78 is 0. The van der Waals surface area contributed by atoms with Crippen LogP contribution in [0.4, 0.5) is 5.69 Å². The normalized spacial score (nSPS) is 10.5. The van der Waals surface area contributed by atoms with Crippen molar-refractivity contribution in [1.29, 1.82) is 0 Å².